The highest BCUT2D eigenvalue weighted by molar-refractivity contribution is 5.29. The highest BCUT2D eigenvalue weighted by atomic mass is 19.1. The summed E-state index contributed by atoms with van der Waals surface area (Å²) in [5.74, 6) is 0. The van der Waals surface area contributed by atoms with Gasteiger partial charge in [-0.1, -0.05) is 0 Å². The molecule has 0 amide bonds. The van der Waals surface area contributed by atoms with Crippen LogP contribution in [0.5, 0.6) is 0 Å². The molecular weight excluding hydrogens is 183 g/mol. The van der Waals surface area contributed by atoms with E-state index in [4.69, 9.17) is 0 Å². The van der Waals surface area contributed by atoms with E-state index in [1.54, 1.807) is 0 Å². The van der Waals surface area contributed by atoms with Crippen LogP contribution in [0, 0.1) is 0 Å². The van der Waals surface area contributed by atoms with Crippen LogP contribution in [0.25, 0.3) is 0 Å². The molecule has 0 saturated heterocycles. The molecule has 3 nitrogen and oxygen atoms in total. The predicted octanol–water partition coefficient (Wildman–Crippen LogP) is 1.30. The lowest BCUT2D eigenvalue weighted by atomic mass is 9.66. The molecule has 0 radical (unpaired) electrons. The van der Waals surface area contributed by atoms with Gasteiger partial charge in [0.25, 0.3) is 5.56 Å². The van der Waals surface area contributed by atoms with Crippen molar-refractivity contribution in [2.45, 2.75) is 36.8 Å². The van der Waals surface area contributed by atoms with Gasteiger partial charge in [-0.3, -0.25) is 4.79 Å². The van der Waals surface area contributed by atoms with Gasteiger partial charge in [-0.05, 0) is 25.7 Å². The standard InChI is InChI=1S/C10H11FN2O/c11-10-2-1-9(4-10,5-10)7-3-8(14)13-6-12-7/h3,6H,1-2,4-5H2,(H,12,13,14). The number of nitrogens with one attached hydrogen (secondary N) is 1. The van der Waals surface area contributed by atoms with Crippen LogP contribution < -0.4 is 5.56 Å². The number of hydrogen-bond acceptors (Lipinski definition) is 2. The van der Waals surface area contributed by atoms with Crippen molar-refractivity contribution < 1.29 is 4.39 Å². The van der Waals surface area contributed by atoms with Gasteiger partial charge in [0.2, 0.25) is 0 Å². The second-order valence-corrected chi connectivity index (χ2v) is 4.58. The van der Waals surface area contributed by atoms with E-state index < -0.39 is 5.67 Å². The van der Waals surface area contributed by atoms with Gasteiger partial charge in [0.15, 0.2) is 0 Å². The van der Waals surface area contributed by atoms with Gasteiger partial charge in [0.05, 0.1) is 12.0 Å². The maximum Gasteiger partial charge on any atom is 0.250 e. The van der Waals surface area contributed by atoms with Crippen molar-refractivity contribution in [1.29, 1.82) is 0 Å². The Labute approximate surface area is 80.4 Å². The van der Waals surface area contributed by atoms with E-state index in [0.29, 0.717) is 19.3 Å². The molecule has 4 heteroatoms. The Hall–Kier alpha value is -1.19. The third kappa shape index (κ3) is 0.910. The van der Waals surface area contributed by atoms with E-state index in [9.17, 15) is 9.18 Å². The summed E-state index contributed by atoms with van der Waals surface area (Å²) in [5, 5.41) is 0. The zero-order valence-corrected chi connectivity index (χ0v) is 7.72. The molecule has 4 rings (SSSR count). The van der Waals surface area contributed by atoms with E-state index in [1.165, 1.54) is 12.4 Å². The van der Waals surface area contributed by atoms with Crippen molar-refractivity contribution in [1.82, 2.24) is 9.97 Å². The minimum atomic E-state index is -0.954. The van der Waals surface area contributed by atoms with Gasteiger partial charge >= 0.3 is 0 Å². The maximum atomic E-state index is 13.6. The summed E-state index contributed by atoms with van der Waals surface area (Å²) < 4.78 is 13.6. The fraction of sp³-hybridized carbons (Fsp3) is 0.600. The first-order valence-corrected chi connectivity index (χ1v) is 4.86. The van der Waals surface area contributed by atoms with Crippen LogP contribution in [0.3, 0.4) is 0 Å². The molecule has 0 aliphatic heterocycles. The SMILES string of the molecule is O=c1cc(C23CCC(F)(C2)C3)nc[nH]1. The molecule has 1 heterocycles. The van der Waals surface area contributed by atoms with Crippen molar-refractivity contribution in [3.63, 3.8) is 0 Å². The molecule has 0 spiro atoms. The number of aromatic nitrogens is 2. The summed E-state index contributed by atoms with van der Waals surface area (Å²) in [4.78, 5) is 17.7. The second kappa shape index (κ2) is 2.24. The molecule has 0 unspecified atom stereocenters. The summed E-state index contributed by atoms with van der Waals surface area (Å²) >= 11 is 0. The fourth-order valence-electron chi connectivity index (χ4n) is 2.95. The minimum Gasteiger partial charge on any atom is -0.313 e. The smallest absolute Gasteiger partial charge is 0.250 e. The molecule has 3 fully saturated rings. The molecule has 3 saturated carbocycles. The number of nitrogens with zero attached hydrogens (tertiary/aromatic N) is 1. The van der Waals surface area contributed by atoms with Gasteiger partial charge in [-0.15, -0.1) is 0 Å². The van der Waals surface area contributed by atoms with Crippen molar-refractivity contribution >= 4 is 0 Å². The number of rotatable bonds is 1. The molecule has 3 aliphatic carbocycles. The average Bonchev–Trinajstić information content (AvgIpc) is 2.59. The first-order valence-electron chi connectivity index (χ1n) is 4.86. The number of aromatic amines is 1. The molecule has 0 aromatic carbocycles. The lowest BCUT2D eigenvalue weighted by molar-refractivity contribution is 0.0511. The molecule has 74 valence electrons. The van der Waals surface area contributed by atoms with Crippen LogP contribution in [0.4, 0.5) is 4.39 Å². The number of hydrogen-bond donors (Lipinski definition) is 1. The van der Waals surface area contributed by atoms with Gasteiger partial charge in [-0.25, -0.2) is 9.37 Å². The maximum absolute atomic E-state index is 13.6. The van der Waals surface area contributed by atoms with Crippen molar-refractivity contribution in [3.8, 4) is 0 Å². The van der Waals surface area contributed by atoms with Gasteiger partial charge in [0, 0.05) is 11.5 Å². The normalized spacial score (nSPS) is 39.5. The van der Waals surface area contributed by atoms with Crippen LogP contribution in [0.15, 0.2) is 17.2 Å². The van der Waals surface area contributed by atoms with Gasteiger partial charge in [-0.2, -0.15) is 0 Å². The Morgan fingerprint density at radius 1 is 1.43 bits per heavy atom. The van der Waals surface area contributed by atoms with E-state index in [-0.39, 0.29) is 11.0 Å². The number of fused-ring (bicyclic) bond motifs is 1. The highest BCUT2D eigenvalue weighted by Crippen LogP contribution is 2.63. The molecular formula is C10H11FN2O. The largest absolute Gasteiger partial charge is 0.313 e. The van der Waals surface area contributed by atoms with Gasteiger partial charge in [0.1, 0.15) is 5.67 Å². The monoisotopic (exact) mass is 194 g/mol. The fourth-order valence-corrected chi connectivity index (χ4v) is 2.95. The Morgan fingerprint density at radius 3 is 2.79 bits per heavy atom. The first kappa shape index (κ1) is 8.15. The number of H-pyrrole nitrogens is 1. The highest BCUT2D eigenvalue weighted by Gasteiger charge is 2.62. The Kier molecular flexibility index (Phi) is 1.30. The summed E-state index contributed by atoms with van der Waals surface area (Å²) in [6.45, 7) is 0. The molecule has 3 aliphatic rings. The van der Waals surface area contributed by atoms with E-state index in [2.05, 4.69) is 9.97 Å². The molecule has 1 aromatic heterocycles. The Morgan fingerprint density at radius 2 is 2.21 bits per heavy atom. The van der Waals surface area contributed by atoms with Gasteiger partial charge < -0.3 is 4.98 Å². The Balaban J connectivity index is 2.02. The lowest BCUT2D eigenvalue weighted by Gasteiger charge is -2.41. The molecule has 14 heavy (non-hydrogen) atoms. The Bertz CT molecular complexity index is 434. The average molecular weight is 194 g/mol. The van der Waals surface area contributed by atoms with Crippen molar-refractivity contribution in [3.05, 3.63) is 28.4 Å². The van der Waals surface area contributed by atoms with Crippen LogP contribution in [0.1, 0.15) is 31.4 Å². The topological polar surface area (TPSA) is 45.8 Å². The zero-order chi connectivity index (χ0) is 9.81. The second-order valence-electron chi connectivity index (χ2n) is 4.58. The summed E-state index contributed by atoms with van der Waals surface area (Å²) in [7, 11) is 0. The quantitative estimate of drug-likeness (QED) is 0.732. The molecule has 1 N–H and O–H groups in total. The predicted molar refractivity (Wildman–Crippen MR) is 48.8 cm³/mol. The third-order valence-corrected chi connectivity index (χ3v) is 3.58. The number of alkyl halides is 1. The first-order chi connectivity index (χ1) is 6.62. The van der Waals surface area contributed by atoms with E-state index in [1.807, 2.05) is 0 Å². The summed E-state index contributed by atoms with van der Waals surface area (Å²) in [6, 6.07) is 1.50. The van der Waals surface area contributed by atoms with Crippen LogP contribution in [0.2, 0.25) is 0 Å². The summed E-state index contributed by atoms with van der Waals surface area (Å²) in [6.07, 6.45) is 3.97. The number of halogens is 1. The lowest BCUT2D eigenvalue weighted by Crippen LogP contribution is -2.43. The molecule has 1 aromatic rings. The zero-order valence-electron chi connectivity index (χ0n) is 7.72. The van der Waals surface area contributed by atoms with Crippen molar-refractivity contribution in [2.75, 3.05) is 0 Å². The molecule has 0 atom stereocenters. The molecule has 2 bridgehead atoms. The van der Waals surface area contributed by atoms with Crippen LogP contribution in [-0.2, 0) is 5.41 Å². The van der Waals surface area contributed by atoms with E-state index >= 15 is 0 Å². The van der Waals surface area contributed by atoms with Crippen LogP contribution >= 0.6 is 0 Å². The summed E-state index contributed by atoms with van der Waals surface area (Å²) in [5.41, 5.74) is -0.451. The third-order valence-electron chi connectivity index (χ3n) is 3.58. The van der Waals surface area contributed by atoms with Crippen LogP contribution in [-0.4, -0.2) is 15.6 Å². The van der Waals surface area contributed by atoms with Crippen molar-refractivity contribution in [2.24, 2.45) is 0 Å². The van der Waals surface area contributed by atoms with E-state index in [0.717, 1.165) is 12.1 Å². The minimum absolute atomic E-state index is 0.122.